The number of amides is 4. The SMILES string of the molecule is CCCCCCCCC[C@H](OC(=O)[C@H](CCCCN(O)C(C)=O)NC(=O)c1coc(-c2ccccc2O)n1)[C@H](C)C(=O)N[C@@H]1CCCCN(O)C1=O. The van der Waals surface area contributed by atoms with E-state index in [9.17, 15) is 39.5 Å². The summed E-state index contributed by atoms with van der Waals surface area (Å²) in [6.45, 7) is 5.18. The molecule has 3 rings (SSSR count). The van der Waals surface area contributed by atoms with Gasteiger partial charge in [0.1, 0.15) is 30.2 Å². The molecule has 1 saturated heterocycles. The predicted octanol–water partition coefficient (Wildman–Crippen LogP) is 5.13. The minimum atomic E-state index is -1.19. The van der Waals surface area contributed by atoms with Crippen LogP contribution in [0.5, 0.6) is 5.75 Å². The lowest BCUT2D eigenvalue weighted by Gasteiger charge is -2.28. The largest absolute Gasteiger partial charge is 0.507 e. The van der Waals surface area contributed by atoms with Crippen molar-refractivity contribution in [3.8, 4) is 17.2 Å². The van der Waals surface area contributed by atoms with Gasteiger partial charge >= 0.3 is 5.97 Å². The number of unbranched alkanes of at least 4 members (excludes halogenated alkanes) is 7. The van der Waals surface area contributed by atoms with Gasteiger partial charge in [-0.15, -0.1) is 0 Å². The van der Waals surface area contributed by atoms with Crippen LogP contribution in [-0.2, 0) is 23.9 Å². The Bertz CT molecular complexity index is 1470. The molecule has 0 saturated carbocycles. The number of aromatic nitrogens is 1. The molecule has 0 aliphatic carbocycles. The van der Waals surface area contributed by atoms with Gasteiger partial charge in [-0.05, 0) is 63.5 Å². The van der Waals surface area contributed by atoms with Crippen LogP contribution in [0.25, 0.3) is 11.5 Å². The van der Waals surface area contributed by atoms with E-state index in [4.69, 9.17) is 9.15 Å². The summed E-state index contributed by atoms with van der Waals surface area (Å²) in [5, 5.41) is 36.6. The Morgan fingerprint density at radius 3 is 2.44 bits per heavy atom. The van der Waals surface area contributed by atoms with Crippen LogP contribution in [0.1, 0.15) is 121 Å². The smallest absolute Gasteiger partial charge is 0.328 e. The molecule has 0 bridgehead atoms. The molecule has 15 heteroatoms. The summed E-state index contributed by atoms with van der Waals surface area (Å²) in [5.41, 5.74) is 0.127. The molecular weight excluding hydrogens is 674 g/mol. The fourth-order valence-electron chi connectivity index (χ4n) is 5.98. The van der Waals surface area contributed by atoms with Crippen molar-refractivity contribution >= 4 is 29.6 Å². The van der Waals surface area contributed by atoms with Gasteiger partial charge in [0.15, 0.2) is 5.69 Å². The molecule has 0 spiro atoms. The maximum Gasteiger partial charge on any atom is 0.328 e. The third-order valence-electron chi connectivity index (χ3n) is 9.25. The molecule has 52 heavy (non-hydrogen) atoms. The Balaban J connectivity index is 1.77. The minimum Gasteiger partial charge on any atom is -0.507 e. The molecule has 1 aromatic heterocycles. The Kier molecular flexibility index (Phi) is 17.5. The number of para-hydroxylation sites is 1. The number of carbonyl (C=O) groups is 5. The number of esters is 1. The summed E-state index contributed by atoms with van der Waals surface area (Å²) in [4.78, 5) is 69.0. The molecule has 0 radical (unpaired) electrons. The average Bonchev–Trinajstić information content (AvgIpc) is 3.56. The fourth-order valence-corrected chi connectivity index (χ4v) is 5.98. The molecule has 1 fully saturated rings. The zero-order valence-electron chi connectivity index (χ0n) is 30.6. The highest BCUT2D eigenvalue weighted by Gasteiger charge is 2.34. The zero-order chi connectivity index (χ0) is 38.0. The number of oxazole rings is 1. The number of carbonyl (C=O) groups excluding carboxylic acids is 5. The van der Waals surface area contributed by atoms with Gasteiger partial charge in [-0.25, -0.2) is 19.9 Å². The van der Waals surface area contributed by atoms with Gasteiger partial charge in [0.05, 0.1) is 11.5 Å². The van der Waals surface area contributed by atoms with E-state index < -0.39 is 53.7 Å². The van der Waals surface area contributed by atoms with E-state index in [0.29, 0.717) is 55.1 Å². The first kappa shape index (κ1) is 41.9. The van der Waals surface area contributed by atoms with Crippen molar-refractivity contribution in [2.24, 2.45) is 5.92 Å². The van der Waals surface area contributed by atoms with Gasteiger partial charge < -0.3 is 24.9 Å². The van der Waals surface area contributed by atoms with Gasteiger partial charge in [-0.3, -0.25) is 29.6 Å². The summed E-state index contributed by atoms with van der Waals surface area (Å²) in [7, 11) is 0. The van der Waals surface area contributed by atoms with Gasteiger partial charge in [0.2, 0.25) is 17.7 Å². The summed E-state index contributed by atoms with van der Waals surface area (Å²) < 4.78 is 11.4. The number of nitrogens with one attached hydrogen (secondary N) is 2. The second kappa shape index (κ2) is 21.8. The second-order valence-electron chi connectivity index (χ2n) is 13.4. The standard InChI is InChI=1S/C37H55N5O10/c1-4-5-6-7-8-9-10-21-32(25(2)33(45)38-28-18-13-16-23-42(50)36(28)47)52-37(48)29(19-14-15-22-41(49)26(3)43)39-34(46)30-24-51-35(40-30)27-17-11-12-20-31(27)44/h11-12,17,20,24-25,28-29,32,44,49-50H,4-10,13-16,18-19,21-23H2,1-3H3,(H,38,45)(H,39,46)/t25-,28+,29-,32-/m0/s1. The lowest BCUT2D eigenvalue weighted by Crippen LogP contribution is -2.50. The van der Waals surface area contributed by atoms with Crippen LogP contribution in [0, 0.1) is 5.92 Å². The molecule has 15 nitrogen and oxygen atoms in total. The number of phenols is 1. The number of rotatable bonds is 21. The molecule has 4 amide bonds. The molecule has 2 aromatic rings. The minimum absolute atomic E-state index is 0.000658. The van der Waals surface area contributed by atoms with E-state index in [1.807, 2.05) is 0 Å². The van der Waals surface area contributed by atoms with Crippen molar-refractivity contribution in [2.75, 3.05) is 13.1 Å². The molecule has 1 aromatic carbocycles. The zero-order valence-corrected chi connectivity index (χ0v) is 30.6. The quantitative estimate of drug-likeness (QED) is 0.0492. The van der Waals surface area contributed by atoms with Crippen molar-refractivity contribution in [1.29, 1.82) is 0 Å². The van der Waals surface area contributed by atoms with Gasteiger partial charge in [-0.1, -0.05) is 64.5 Å². The van der Waals surface area contributed by atoms with Crippen LogP contribution in [0.3, 0.4) is 0 Å². The normalized spacial score (nSPS) is 16.4. The Hall–Kier alpha value is -4.50. The lowest BCUT2D eigenvalue weighted by molar-refractivity contribution is -0.167. The Morgan fingerprint density at radius 1 is 1.04 bits per heavy atom. The lowest BCUT2D eigenvalue weighted by atomic mass is 9.96. The van der Waals surface area contributed by atoms with Crippen LogP contribution >= 0.6 is 0 Å². The number of aromatic hydroxyl groups is 1. The van der Waals surface area contributed by atoms with E-state index in [1.54, 1.807) is 25.1 Å². The summed E-state index contributed by atoms with van der Waals surface area (Å²) in [5.74, 6) is -4.11. The van der Waals surface area contributed by atoms with Gasteiger partial charge in [-0.2, -0.15) is 0 Å². The third kappa shape index (κ3) is 13.2. The number of hydrogen-bond donors (Lipinski definition) is 5. The summed E-state index contributed by atoms with van der Waals surface area (Å²) >= 11 is 0. The summed E-state index contributed by atoms with van der Waals surface area (Å²) in [6, 6.07) is 4.22. The van der Waals surface area contributed by atoms with Crippen LogP contribution in [0.15, 0.2) is 34.9 Å². The molecule has 2 heterocycles. The van der Waals surface area contributed by atoms with Crippen molar-refractivity contribution in [1.82, 2.24) is 25.7 Å². The molecule has 5 N–H and O–H groups in total. The second-order valence-corrected chi connectivity index (χ2v) is 13.4. The molecule has 288 valence electrons. The first-order valence-electron chi connectivity index (χ1n) is 18.5. The monoisotopic (exact) mass is 729 g/mol. The van der Waals surface area contributed by atoms with Crippen molar-refractivity contribution in [3.05, 3.63) is 36.2 Å². The number of hydrogen-bond acceptors (Lipinski definition) is 11. The molecular formula is C37H55N5O10. The van der Waals surface area contributed by atoms with Crippen LogP contribution in [0.4, 0.5) is 0 Å². The van der Waals surface area contributed by atoms with Crippen molar-refractivity contribution in [2.45, 2.75) is 129 Å². The van der Waals surface area contributed by atoms with E-state index >= 15 is 0 Å². The molecule has 1 aliphatic heterocycles. The Labute approximate surface area is 305 Å². The maximum atomic E-state index is 13.8. The number of nitrogens with zero attached hydrogens (tertiary/aromatic N) is 3. The highest BCUT2D eigenvalue weighted by molar-refractivity contribution is 5.95. The van der Waals surface area contributed by atoms with E-state index in [2.05, 4.69) is 22.5 Å². The maximum absolute atomic E-state index is 13.8. The number of hydroxylamine groups is 4. The topological polar surface area (TPSA) is 212 Å². The van der Waals surface area contributed by atoms with E-state index in [-0.39, 0.29) is 42.4 Å². The van der Waals surface area contributed by atoms with E-state index in [0.717, 1.165) is 44.8 Å². The van der Waals surface area contributed by atoms with Gasteiger partial charge in [0.25, 0.3) is 11.8 Å². The summed E-state index contributed by atoms with van der Waals surface area (Å²) in [6.07, 6.45) is 9.92. The van der Waals surface area contributed by atoms with Crippen LogP contribution in [-0.4, -0.2) is 91.5 Å². The van der Waals surface area contributed by atoms with E-state index in [1.165, 1.54) is 13.0 Å². The molecule has 4 atom stereocenters. The molecule has 0 unspecified atom stereocenters. The Morgan fingerprint density at radius 2 is 1.73 bits per heavy atom. The highest BCUT2D eigenvalue weighted by atomic mass is 16.5. The predicted molar refractivity (Wildman–Crippen MR) is 189 cm³/mol. The number of benzene rings is 1. The van der Waals surface area contributed by atoms with Crippen molar-refractivity contribution < 1.29 is 48.6 Å². The first-order chi connectivity index (χ1) is 24.9. The first-order valence-corrected chi connectivity index (χ1v) is 18.5. The van der Waals surface area contributed by atoms with Crippen molar-refractivity contribution in [3.63, 3.8) is 0 Å². The van der Waals surface area contributed by atoms with Crippen LogP contribution in [0.2, 0.25) is 0 Å². The van der Waals surface area contributed by atoms with Crippen LogP contribution < -0.4 is 10.6 Å². The highest BCUT2D eigenvalue weighted by Crippen LogP contribution is 2.28. The van der Waals surface area contributed by atoms with Gasteiger partial charge in [0, 0.05) is 20.0 Å². The average molecular weight is 730 g/mol. The fraction of sp³-hybridized carbons (Fsp3) is 0.622. The number of ether oxygens (including phenoxy) is 1. The molecule has 1 aliphatic rings. The number of phenolic OH excluding ortho intramolecular Hbond substituents is 1. The third-order valence-corrected chi connectivity index (χ3v) is 9.25.